The second kappa shape index (κ2) is 5.29. The number of hydrogen-bond donors (Lipinski definition) is 1. The van der Waals surface area contributed by atoms with Crippen molar-refractivity contribution in [2.45, 2.75) is 78.9 Å². The summed E-state index contributed by atoms with van der Waals surface area (Å²) in [4.78, 5) is 13.0. The molecule has 0 aromatic heterocycles. The van der Waals surface area contributed by atoms with Crippen molar-refractivity contribution in [3.8, 4) is 0 Å². The van der Waals surface area contributed by atoms with Crippen LogP contribution in [-0.4, -0.2) is 30.2 Å². The lowest BCUT2D eigenvalue weighted by Gasteiger charge is -2.62. The Labute approximate surface area is 141 Å². The summed E-state index contributed by atoms with van der Waals surface area (Å²) in [5.41, 5.74) is -0.347. The number of methoxy groups -OCH3 is 1. The highest BCUT2D eigenvalue weighted by atomic mass is 16.5. The minimum absolute atomic E-state index is 0.0291. The molecule has 2 bridgehead atoms. The molecule has 0 aromatic carbocycles. The van der Waals surface area contributed by atoms with E-state index in [9.17, 15) is 9.90 Å². The molecule has 0 amide bonds. The molecule has 1 N–H and O–H groups in total. The largest absolute Gasteiger partial charge is 0.392 e. The standard InChI is InChI=1S/C20H34O3/c1-12-7-9-20-10-8-14(21)16(20)19(12,5)15(23-6)11-18(3,4)17(22)13(20)2/h12-13,15-17,22H,7-11H2,1-6H3. The number of ketones is 1. The Bertz CT molecular complexity index is 499. The van der Waals surface area contributed by atoms with Gasteiger partial charge in [0.1, 0.15) is 5.78 Å². The molecular formula is C20H34O3. The molecule has 3 rings (SSSR count). The Balaban J connectivity index is 2.21. The molecule has 0 aromatic rings. The van der Waals surface area contributed by atoms with E-state index in [-0.39, 0.29) is 40.3 Å². The average Bonchev–Trinajstić information content (AvgIpc) is 2.85. The van der Waals surface area contributed by atoms with E-state index in [1.54, 1.807) is 7.11 Å². The zero-order valence-electron chi connectivity index (χ0n) is 15.7. The lowest BCUT2D eigenvalue weighted by molar-refractivity contribution is -0.201. The fourth-order valence-corrected chi connectivity index (χ4v) is 6.65. The quantitative estimate of drug-likeness (QED) is 0.798. The normalized spacial score (nSPS) is 52.7. The summed E-state index contributed by atoms with van der Waals surface area (Å²) in [7, 11) is 1.78. The van der Waals surface area contributed by atoms with Crippen LogP contribution in [0.4, 0.5) is 0 Å². The molecule has 3 aliphatic carbocycles. The van der Waals surface area contributed by atoms with Gasteiger partial charge in [-0.1, -0.05) is 34.6 Å². The van der Waals surface area contributed by atoms with E-state index in [4.69, 9.17) is 4.74 Å². The summed E-state index contributed by atoms with van der Waals surface area (Å²) in [5, 5.41) is 11.1. The summed E-state index contributed by atoms with van der Waals surface area (Å²) < 4.78 is 5.99. The Morgan fingerprint density at radius 1 is 1.17 bits per heavy atom. The van der Waals surface area contributed by atoms with Crippen molar-refractivity contribution >= 4 is 5.78 Å². The number of ether oxygens (including phenoxy) is 1. The van der Waals surface area contributed by atoms with Crippen molar-refractivity contribution in [1.82, 2.24) is 0 Å². The molecule has 3 fully saturated rings. The molecular weight excluding hydrogens is 288 g/mol. The van der Waals surface area contributed by atoms with Gasteiger partial charge in [-0.2, -0.15) is 0 Å². The van der Waals surface area contributed by atoms with Crippen molar-refractivity contribution in [2.24, 2.45) is 34.0 Å². The third-order valence-corrected chi connectivity index (χ3v) is 8.33. The maximum Gasteiger partial charge on any atom is 0.137 e. The second-order valence-electron chi connectivity index (χ2n) is 9.59. The van der Waals surface area contributed by atoms with Crippen LogP contribution in [0.15, 0.2) is 0 Å². The Hall–Kier alpha value is -0.410. The minimum Gasteiger partial charge on any atom is -0.392 e. The summed E-state index contributed by atoms with van der Waals surface area (Å²) in [6.45, 7) is 11.1. The first-order chi connectivity index (χ1) is 10.6. The molecule has 0 radical (unpaired) electrons. The Morgan fingerprint density at radius 2 is 1.83 bits per heavy atom. The lowest BCUT2D eigenvalue weighted by atomic mass is 9.44. The van der Waals surface area contributed by atoms with Gasteiger partial charge in [0.15, 0.2) is 0 Å². The van der Waals surface area contributed by atoms with Crippen molar-refractivity contribution in [1.29, 1.82) is 0 Å². The van der Waals surface area contributed by atoms with E-state index >= 15 is 0 Å². The zero-order chi connectivity index (χ0) is 17.2. The van der Waals surface area contributed by atoms with E-state index in [1.807, 2.05) is 0 Å². The van der Waals surface area contributed by atoms with Gasteiger partial charge in [-0.25, -0.2) is 0 Å². The van der Waals surface area contributed by atoms with Crippen LogP contribution in [0.1, 0.15) is 66.7 Å². The van der Waals surface area contributed by atoms with E-state index in [2.05, 4.69) is 34.6 Å². The van der Waals surface area contributed by atoms with Crippen LogP contribution < -0.4 is 0 Å². The van der Waals surface area contributed by atoms with Crippen LogP contribution in [0.3, 0.4) is 0 Å². The van der Waals surface area contributed by atoms with Gasteiger partial charge in [0.2, 0.25) is 0 Å². The number of carbonyl (C=O) groups excluding carboxylic acids is 1. The zero-order valence-corrected chi connectivity index (χ0v) is 15.7. The summed E-state index contributed by atoms with van der Waals surface area (Å²) in [6, 6.07) is 0. The molecule has 7 unspecified atom stereocenters. The smallest absolute Gasteiger partial charge is 0.137 e. The van der Waals surface area contributed by atoms with Gasteiger partial charge in [-0.3, -0.25) is 4.79 Å². The molecule has 7 atom stereocenters. The number of aliphatic hydroxyl groups is 1. The molecule has 23 heavy (non-hydrogen) atoms. The van der Waals surface area contributed by atoms with Crippen LogP contribution >= 0.6 is 0 Å². The summed E-state index contributed by atoms with van der Waals surface area (Å²) in [6.07, 6.45) is 4.30. The van der Waals surface area contributed by atoms with E-state index in [1.165, 1.54) is 0 Å². The number of rotatable bonds is 1. The van der Waals surface area contributed by atoms with Gasteiger partial charge in [-0.15, -0.1) is 0 Å². The molecule has 0 aliphatic heterocycles. The fourth-order valence-electron chi connectivity index (χ4n) is 6.65. The van der Waals surface area contributed by atoms with Gasteiger partial charge >= 0.3 is 0 Å². The molecule has 0 saturated heterocycles. The molecule has 0 heterocycles. The topological polar surface area (TPSA) is 46.5 Å². The van der Waals surface area contributed by atoms with Crippen LogP contribution in [0, 0.1) is 34.0 Å². The number of aliphatic hydroxyl groups excluding tert-OH is 1. The van der Waals surface area contributed by atoms with Crippen molar-refractivity contribution in [3.05, 3.63) is 0 Å². The highest BCUT2D eigenvalue weighted by Crippen LogP contribution is 2.67. The average molecular weight is 322 g/mol. The Kier molecular flexibility index (Phi) is 4.01. The Morgan fingerprint density at radius 3 is 2.43 bits per heavy atom. The molecule has 3 aliphatic rings. The molecule has 3 nitrogen and oxygen atoms in total. The van der Waals surface area contributed by atoms with Crippen molar-refractivity contribution in [3.63, 3.8) is 0 Å². The molecule has 0 spiro atoms. The predicted molar refractivity (Wildman–Crippen MR) is 91.0 cm³/mol. The van der Waals surface area contributed by atoms with E-state index in [0.717, 1.165) is 25.7 Å². The first-order valence-electron chi connectivity index (χ1n) is 9.35. The number of hydrogen-bond acceptors (Lipinski definition) is 3. The monoisotopic (exact) mass is 322 g/mol. The van der Waals surface area contributed by atoms with Crippen LogP contribution in [0.5, 0.6) is 0 Å². The van der Waals surface area contributed by atoms with Gasteiger partial charge in [0.05, 0.1) is 12.2 Å². The van der Waals surface area contributed by atoms with Crippen molar-refractivity contribution < 1.29 is 14.6 Å². The number of Topliss-reactive ketones (excluding diaryl/α,β-unsaturated/α-hetero) is 1. The van der Waals surface area contributed by atoms with Gasteiger partial charge in [0.25, 0.3) is 0 Å². The maximum absolute atomic E-state index is 13.0. The SMILES string of the molecule is COC1CC(C)(C)C(O)C(C)C23CCC(=O)C2C1(C)C(C)CC3. The molecule has 3 heteroatoms. The summed E-state index contributed by atoms with van der Waals surface area (Å²) in [5.74, 6) is 1.11. The van der Waals surface area contributed by atoms with Gasteiger partial charge in [-0.05, 0) is 48.3 Å². The fraction of sp³-hybridized carbons (Fsp3) is 0.950. The highest BCUT2D eigenvalue weighted by Gasteiger charge is 2.67. The minimum atomic E-state index is -0.383. The molecule has 132 valence electrons. The van der Waals surface area contributed by atoms with Crippen LogP contribution in [0.25, 0.3) is 0 Å². The first kappa shape index (κ1) is 17.4. The second-order valence-corrected chi connectivity index (χ2v) is 9.59. The number of carbonyl (C=O) groups is 1. The van der Waals surface area contributed by atoms with Gasteiger partial charge in [0, 0.05) is 24.9 Å². The van der Waals surface area contributed by atoms with Crippen LogP contribution in [0.2, 0.25) is 0 Å². The summed E-state index contributed by atoms with van der Waals surface area (Å²) >= 11 is 0. The van der Waals surface area contributed by atoms with Crippen molar-refractivity contribution in [2.75, 3.05) is 7.11 Å². The van der Waals surface area contributed by atoms with Crippen LogP contribution in [-0.2, 0) is 9.53 Å². The maximum atomic E-state index is 13.0. The van der Waals surface area contributed by atoms with E-state index in [0.29, 0.717) is 18.1 Å². The molecule has 3 saturated carbocycles. The predicted octanol–water partition coefficient (Wildman–Crippen LogP) is 3.83. The van der Waals surface area contributed by atoms with E-state index < -0.39 is 0 Å². The highest BCUT2D eigenvalue weighted by molar-refractivity contribution is 5.85. The first-order valence-corrected chi connectivity index (χ1v) is 9.35. The lowest BCUT2D eigenvalue weighted by Crippen LogP contribution is -2.62. The van der Waals surface area contributed by atoms with Gasteiger partial charge < -0.3 is 9.84 Å². The third-order valence-electron chi connectivity index (χ3n) is 8.33. The third kappa shape index (κ3) is 2.12.